The third kappa shape index (κ3) is 5.62. The number of benzene rings is 9. The lowest BCUT2D eigenvalue weighted by atomic mass is 9.95. The summed E-state index contributed by atoms with van der Waals surface area (Å²) >= 11 is 0. The minimum Gasteiger partial charge on any atom is -0.455 e. The Kier molecular flexibility index (Phi) is 6.56. The molecule has 0 bridgehead atoms. The molecule has 9 aromatic carbocycles. The smallest absolute Gasteiger partial charge is 0.164 e. The maximum absolute atomic E-state index is 9.25. The molecule has 0 spiro atoms. The van der Waals surface area contributed by atoms with Gasteiger partial charge in [-0.15, -0.1) is 0 Å². The molecule has 0 atom stereocenters. The highest BCUT2D eigenvalue weighted by Crippen LogP contribution is 2.44. The van der Waals surface area contributed by atoms with Crippen molar-refractivity contribution in [3.63, 3.8) is 0 Å². The fourth-order valence-electron chi connectivity index (χ4n) is 8.93. The topological polar surface area (TPSA) is 69.9 Å². The summed E-state index contributed by atoms with van der Waals surface area (Å²) in [6.45, 7) is 0. The number of nitrogens with zero attached hydrogens (tertiary/aromatic N) is 4. The van der Waals surface area contributed by atoms with Gasteiger partial charge < -0.3 is 13.4 Å². The van der Waals surface area contributed by atoms with E-state index in [1.54, 1.807) is 4.57 Å². The highest BCUT2D eigenvalue weighted by Gasteiger charge is 2.22. The second-order valence-corrected chi connectivity index (χ2v) is 15.4. The molecule has 0 saturated carbocycles. The van der Waals surface area contributed by atoms with Crippen LogP contribution in [0, 0.1) is 0 Å². The molecule has 4 heterocycles. The fourth-order valence-corrected chi connectivity index (χ4v) is 8.93. The summed E-state index contributed by atoms with van der Waals surface area (Å²) in [4.78, 5) is 14.8. The Balaban J connectivity index is 1.04. The molecule has 4 aromatic heterocycles. The van der Waals surface area contributed by atoms with Crippen molar-refractivity contribution in [1.29, 1.82) is 0 Å². The number of para-hydroxylation sites is 5. The van der Waals surface area contributed by atoms with Gasteiger partial charge in [0.25, 0.3) is 0 Å². The maximum Gasteiger partial charge on any atom is 0.164 e. The Morgan fingerprint density at radius 1 is 0.365 bits per heavy atom. The molecular formula is C57H34N4O2. The van der Waals surface area contributed by atoms with Gasteiger partial charge in [-0.05, 0) is 48.0 Å². The van der Waals surface area contributed by atoms with Crippen LogP contribution < -0.4 is 0 Å². The van der Waals surface area contributed by atoms with Crippen molar-refractivity contribution >= 4 is 65.7 Å². The predicted molar refractivity (Wildman–Crippen MR) is 256 cm³/mol. The number of furan rings is 2. The van der Waals surface area contributed by atoms with Crippen molar-refractivity contribution in [2.24, 2.45) is 0 Å². The summed E-state index contributed by atoms with van der Waals surface area (Å²) in [5, 5.41) is 4.05. The first-order valence-electron chi connectivity index (χ1n) is 23.6. The lowest BCUT2D eigenvalue weighted by Gasteiger charge is -2.16. The Hall–Kier alpha value is -8.61. The SMILES string of the molecule is [2H]c1cc([2H])c2c(c1[2H])c1c([2H])c([2H])cc([2H])c1n2-c1ccc(-c2cccc3c2oc2cc(-c4nc(-c5ccccc5)nc(-c5ccccc5)n4)ccc23)cc1-c1cccc2c1oc1ccccc12. The van der Waals surface area contributed by atoms with Crippen LogP contribution in [-0.4, -0.2) is 19.5 Å². The van der Waals surface area contributed by atoms with Crippen molar-refractivity contribution in [1.82, 2.24) is 19.5 Å². The van der Waals surface area contributed by atoms with Crippen LogP contribution in [0.15, 0.2) is 215 Å². The lowest BCUT2D eigenvalue weighted by Crippen LogP contribution is -2.00. The first kappa shape index (κ1) is 29.6. The summed E-state index contributed by atoms with van der Waals surface area (Å²) in [5.41, 5.74) is 9.34. The van der Waals surface area contributed by atoms with E-state index in [9.17, 15) is 2.74 Å². The fraction of sp³-hybridized carbons (Fsp3) is 0. The first-order valence-corrected chi connectivity index (χ1v) is 20.6. The third-order valence-electron chi connectivity index (χ3n) is 11.8. The van der Waals surface area contributed by atoms with E-state index in [0.29, 0.717) is 45.5 Å². The van der Waals surface area contributed by atoms with E-state index >= 15 is 0 Å². The van der Waals surface area contributed by atoms with Crippen molar-refractivity contribution in [3.8, 4) is 62.1 Å². The predicted octanol–water partition coefficient (Wildman–Crippen LogP) is 15.1. The van der Waals surface area contributed by atoms with Crippen LogP contribution in [0.1, 0.15) is 8.22 Å². The Bertz CT molecular complexity index is 4150. The second-order valence-electron chi connectivity index (χ2n) is 15.4. The summed E-state index contributed by atoms with van der Waals surface area (Å²) in [6.07, 6.45) is 0. The molecule has 0 amide bonds. The molecule has 0 fully saturated rings. The quantitative estimate of drug-likeness (QED) is 0.167. The zero-order chi connectivity index (χ0) is 46.7. The zero-order valence-corrected chi connectivity index (χ0v) is 33.3. The molecule has 6 nitrogen and oxygen atoms in total. The van der Waals surface area contributed by atoms with Gasteiger partial charge in [0, 0.05) is 65.7 Å². The molecule has 0 aliphatic rings. The average Bonchev–Trinajstić information content (AvgIpc) is 4.08. The van der Waals surface area contributed by atoms with Crippen LogP contribution in [0.2, 0.25) is 0 Å². The van der Waals surface area contributed by atoms with Gasteiger partial charge in [0.1, 0.15) is 22.3 Å². The monoisotopic (exact) mass is 812 g/mol. The highest BCUT2D eigenvalue weighted by atomic mass is 16.3. The van der Waals surface area contributed by atoms with Gasteiger partial charge in [-0.1, -0.05) is 164 Å². The molecule has 0 aliphatic heterocycles. The minimum atomic E-state index is -0.177. The molecule has 63 heavy (non-hydrogen) atoms. The molecule has 294 valence electrons. The largest absolute Gasteiger partial charge is 0.455 e. The number of hydrogen-bond donors (Lipinski definition) is 0. The third-order valence-corrected chi connectivity index (χ3v) is 11.8. The molecule has 13 rings (SSSR count). The minimum absolute atomic E-state index is 0.0411. The van der Waals surface area contributed by atoms with Crippen molar-refractivity contribution in [2.45, 2.75) is 0 Å². The Labute approximate surface area is 369 Å². The van der Waals surface area contributed by atoms with Gasteiger partial charge in [0.2, 0.25) is 0 Å². The van der Waals surface area contributed by atoms with Gasteiger partial charge in [-0.3, -0.25) is 0 Å². The summed E-state index contributed by atoms with van der Waals surface area (Å²) in [6, 6.07) is 53.5. The van der Waals surface area contributed by atoms with Crippen molar-refractivity contribution < 1.29 is 17.1 Å². The molecule has 0 N–H and O–H groups in total. The zero-order valence-electron chi connectivity index (χ0n) is 39.3. The van der Waals surface area contributed by atoms with E-state index in [-0.39, 0.29) is 58.1 Å². The Morgan fingerprint density at radius 2 is 0.905 bits per heavy atom. The maximum atomic E-state index is 9.25. The van der Waals surface area contributed by atoms with Crippen LogP contribution in [0.3, 0.4) is 0 Å². The van der Waals surface area contributed by atoms with E-state index in [1.165, 1.54) is 12.1 Å². The van der Waals surface area contributed by atoms with Gasteiger partial charge in [0.15, 0.2) is 17.5 Å². The summed E-state index contributed by atoms with van der Waals surface area (Å²) in [7, 11) is 0. The van der Waals surface area contributed by atoms with Gasteiger partial charge >= 0.3 is 0 Å². The van der Waals surface area contributed by atoms with Gasteiger partial charge in [-0.2, -0.15) is 0 Å². The molecule has 0 unspecified atom stereocenters. The molecule has 6 heteroatoms. The van der Waals surface area contributed by atoms with Crippen molar-refractivity contribution in [3.05, 3.63) is 206 Å². The number of fused-ring (bicyclic) bond motifs is 9. The summed E-state index contributed by atoms with van der Waals surface area (Å²) in [5.74, 6) is 1.63. The molecule has 0 saturated heterocycles. The highest BCUT2D eigenvalue weighted by molar-refractivity contribution is 6.14. The molecule has 0 radical (unpaired) electrons. The van der Waals surface area contributed by atoms with E-state index in [1.807, 2.05) is 152 Å². The summed E-state index contributed by atoms with van der Waals surface area (Å²) < 4.78 is 69.1. The van der Waals surface area contributed by atoms with E-state index in [2.05, 4.69) is 6.07 Å². The molecular weight excluding hydrogens is 773 g/mol. The normalized spacial score (nSPS) is 13.1. The number of hydrogen-bond acceptors (Lipinski definition) is 5. The van der Waals surface area contributed by atoms with Crippen LogP contribution in [-0.2, 0) is 0 Å². The van der Waals surface area contributed by atoms with Crippen molar-refractivity contribution in [2.75, 3.05) is 0 Å². The van der Waals surface area contributed by atoms with Gasteiger partial charge in [0.05, 0.1) is 24.9 Å². The second kappa shape index (κ2) is 14.0. The van der Waals surface area contributed by atoms with Crippen LogP contribution >= 0.6 is 0 Å². The van der Waals surface area contributed by atoms with E-state index < -0.39 is 0 Å². The Morgan fingerprint density at radius 3 is 1.59 bits per heavy atom. The number of aromatic nitrogens is 4. The standard InChI is InChI=1S/C57H34N4O2/c1-3-15-35(16-4-1)55-58-56(36-17-5-2-6-18-36)60-57(59-55)38-29-31-43-45-23-13-22-39(53(45)63-52(43)34-38)37-30-32-50(61-48-26-10-7-19-40(48)41-20-8-11-27-49(41)61)47(33-37)46-25-14-24-44-42-21-9-12-28-51(42)62-54(44)46/h1-34H/i7D,8D,19D,20D,26D,27D. The van der Waals surface area contributed by atoms with E-state index in [4.69, 9.17) is 29.3 Å². The lowest BCUT2D eigenvalue weighted by molar-refractivity contribution is 0.670. The van der Waals surface area contributed by atoms with Crippen LogP contribution in [0.5, 0.6) is 0 Å². The van der Waals surface area contributed by atoms with E-state index in [0.717, 1.165) is 60.5 Å². The van der Waals surface area contributed by atoms with Crippen LogP contribution in [0.4, 0.5) is 0 Å². The first-order chi connectivity index (χ1) is 33.7. The molecule has 0 aliphatic carbocycles. The number of rotatable bonds is 6. The van der Waals surface area contributed by atoms with Crippen LogP contribution in [0.25, 0.3) is 128 Å². The van der Waals surface area contributed by atoms with Gasteiger partial charge in [-0.25, -0.2) is 15.0 Å². The molecule has 13 aromatic rings. The average molecular weight is 813 g/mol.